The predicted molar refractivity (Wildman–Crippen MR) is 139 cm³/mol. The van der Waals surface area contributed by atoms with Crippen LogP contribution < -0.4 is 15.4 Å². The van der Waals surface area contributed by atoms with Crippen LogP contribution in [0.4, 0.5) is 16.2 Å². The Labute approximate surface area is 214 Å². The van der Waals surface area contributed by atoms with Crippen molar-refractivity contribution in [3.05, 3.63) is 59.9 Å². The first-order valence-electron chi connectivity index (χ1n) is 12.3. The summed E-state index contributed by atoms with van der Waals surface area (Å²) in [5.41, 5.74) is 8.60. The summed E-state index contributed by atoms with van der Waals surface area (Å²) in [6.07, 6.45) is 1.24. The van der Waals surface area contributed by atoms with E-state index in [9.17, 15) is 4.79 Å². The van der Waals surface area contributed by atoms with E-state index < -0.39 is 5.82 Å². The summed E-state index contributed by atoms with van der Waals surface area (Å²) in [5.74, 6) is 0.370. The maximum Gasteiger partial charge on any atom is 0.309 e. The number of hydrogen-bond donors (Lipinski definition) is 1. The first kappa shape index (κ1) is 24.5. The molecular weight excluding hydrogens is 475 g/mol. The number of benzene rings is 2. The molecule has 0 radical (unpaired) electrons. The zero-order valence-electron chi connectivity index (χ0n) is 20.9. The van der Waals surface area contributed by atoms with E-state index in [1.54, 1.807) is 23.7 Å². The third-order valence-corrected chi connectivity index (χ3v) is 6.63. The number of esters is 1. The topological polar surface area (TPSA) is 108 Å². The maximum absolute atomic E-state index is 15.2. The maximum atomic E-state index is 15.2. The molecule has 1 aliphatic rings. The Hall–Kier alpha value is -4.21. The molecule has 0 aliphatic carbocycles. The number of hydrogen-bond acceptors (Lipinski definition) is 8. The van der Waals surface area contributed by atoms with Gasteiger partial charge in [0.05, 0.1) is 37.3 Å². The fraction of sp³-hybridized carbons (Fsp3) is 0.333. The van der Waals surface area contributed by atoms with E-state index in [1.807, 2.05) is 35.2 Å². The van der Waals surface area contributed by atoms with Gasteiger partial charge in [0.1, 0.15) is 17.4 Å². The summed E-state index contributed by atoms with van der Waals surface area (Å²) in [4.78, 5) is 23.7. The summed E-state index contributed by atoms with van der Waals surface area (Å²) in [7, 11) is 1.49. The van der Waals surface area contributed by atoms with Crippen LogP contribution in [0.5, 0.6) is 5.75 Å². The number of methoxy groups -OCH3 is 1. The first-order chi connectivity index (χ1) is 18.0. The van der Waals surface area contributed by atoms with E-state index in [4.69, 9.17) is 25.2 Å². The van der Waals surface area contributed by atoms with Gasteiger partial charge in [0.15, 0.2) is 5.65 Å². The zero-order valence-corrected chi connectivity index (χ0v) is 20.9. The fourth-order valence-electron chi connectivity index (χ4n) is 4.65. The number of piperidine rings is 1. The SMILES string of the molecule is CCOC(=O)C1CCN(c2nc(-c3ccc(OC)cc3F)c3c(N)n(Cc4ccccc4)nc3n2)CC1. The molecule has 0 spiro atoms. The van der Waals surface area contributed by atoms with E-state index in [0.29, 0.717) is 73.3 Å². The second-order valence-electron chi connectivity index (χ2n) is 8.96. The molecule has 192 valence electrons. The van der Waals surface area contributed by atoms with Gasteiger partial charge in [-0.15, -0.1) is 5.10 Å². The first-order valence-corrected chi connectivity index (χ1v) is 12.3. The Morgan fingerprint density at radius 1 is 1.14 bits per heavy atom. The highest BCUT2D eigenvalue weighted by atomic mass is 19.1. The molecule has 1 aliphatic heterocycles. The Kier molecular flexibility index (Phi) is 6.89. The predicted octanol–water partition coefficient (Wildman–Crippen LogP) is 4.05. The number of carbonyl (C=O) groups is 1. The molecule has 0 amide bonds. The van der Waals surface area contributed by atoms with Crippen LogP contribution >= 0.6 is 0 Å². The fourth-order valence-corrected chi connectivity index (χ4v) is 4.65. The van der Waals surface area contributed by atoms with Crippen molar-refractivity contribution in [2.45, 2.75) is 26.3 Å². The highest BCUT2D eigenvalue weighted by molar-refractivity contribution is 5.99. The largest absolute Gasteiger partial charge is 0.497 e. The van der Waals surface area contributed by atoms with Crippen LogP contribution in [-0.2, 0) is 16.1 Å². The Morgan fingerprint density at radius 3 is 2.57 bits per heavy atom. The summed E-state index contributed by atoms with van der Waals surface area (Å²) in [5, 5.41) is 5.16. The number of carbonyl (C=O) groups excluding carboxylic acids is 1. The van der Waals surface area contributed by atoms with Crippen molar-refractivity contribution in [3.8, 4) is 17.0 Å². The summed E-state index contributed by atoms with van der Waals surface area (Å²) < 4.78 is 27.3. The van der Waals surface area contributed by atoms with Crippen molar-refractivity contribution in [3.63, 3.8) is 0 Å². The van der Waals surface area contributed by atoms with Crippen molar-refractivity contribution in [2.75, 3.05) is 37.4 Å². The minimum atomic E-state index is -0.485. The highest BCUT2D eigenvalue weighted by Gasteiger charge is 2.29. The van der Waals surface area contributed by atoms with E-state index in [0.717, 1.165) is 5.56 Å². The number of fused-ring (bicyclic) bond motifs is 1. The number of nitrogens with two attached hydrogens (primary N) is 1. The summed E-state index contributed by atoms with van der Waals surface area (Å²) in [6, 6.07) is 14.4. The lowest BCUT2D eigenvalue weighted by molar-refractivity contribution is -0.148. The molecule has 5 rings (SSSR count). The van der Waals surface area contributed by atoms with Crippen molar-refractivity contribution < 1.29 is 18.7 Å². The van der Waals surface area contributed by atoms with E-state index in [2.05, 4.69) is 5.10 Å². The molecule has 10 heteroatoms. The van der Waals surface area contributed by atoms with Gasteiger partial charge in [-0.05, 0) is 37.5 Å². The third kappa shape index (κ3) is 4.91. The molecule has 0 unspecified atom stereocenters. The molecule has 2 aromatic heterocycles. The van der Waals surface area contributed by atoms with E-state index in [1.165, 1.54) is 13.2 Å². The minimum absolute atomic E-state index is 0.154. The van der Waals surface area contributed by atoms with Gasteiger partial charge in [-0.1, -0.05) is 30.3 Å². The number of aromatic nitrogens is 4. The van der Waals surface area contributed by atoms with Gasteiger partial charge in [-0.2, -0.15) is 4.98 Å². The van der Waals surface area contributed by atoms with Crippen LogP contribution in [0.1, 0.15) is 25.3 Å². The number of halogens is 1. The number of nitrogens with zero attached hydrogens (tertiary/aromatic N) is 5. The molecule has 1 saturated heterocycles. The average Bonchev–Trinajstić information content (AvgIpc) is 3.23. The molecule has 0 saturated carbocycles. The van der Waals surface area contributed by atoms with Crippen molar-refractivity contribution >= 4 is 28.8 Å². The lowest BCUT2D eigenvalue weighted by Crippen LogP contribution is -2.38. The Bertz CT molecular complexity index is 1420. The van der Waals surface area contributed by atoms with Crippen LogP contribution in [0.25, 0.3) is 22.3 Å². The van der Waals surface area contributed by atoms with Crippen molar-refractivity contribution in [2.24, 2.45) is 5.92 Å². The van der Waals surface area contributed by atoms with Crippen LogP contribution in [-0.4, -0.2) is 52.5 Å². The molecule has 2 N–H and O–H groups in total. The molecule has 0 bridgehead atoms. The van der Waals surface area contributed by atoms with Crippen LogP contribution in [0.15, 0.2) is 48.5 Å². The lowest BCUT2D eigenvalue weighted by atomic mass is 9.97. The average molecular weight is 505 g/mol. The van der Waals surface area contributed by atoms with Gasteiger partial charge in [-0.3, -0.25) is 4.79 Å². The van der Waals surface area contributed by atoms with Crippen molar-refractivity contribution in [1.82, 2.24) is 19.7 Å². The summed E-state index contributed by atoms with van der Waals surface area (Å²) in [6.45, 7) is 3.74. The van der Waals surface area contributed by atoms with Gasteiger partial charge in [-0.25, -0.2) is 14.1 Å². The zero-order chi connectivity index (χ0) is 25.9. The second kappa shape index (κ2) is 10.4. The number of rotatable bonds is 7. The van der Waals surface area contributed by atoms with Gasteiger partial charge in [0, 0.05) is 24.7 Å². The van der Waals surface area contributed by atoms with Gasteiger partial charge in [0.2, 0.25) is 5.95 Å². The normalized spacial score (nSPS) is 14.2. The Balaban J connectivity index is 1.57. The van der Waals surface area contributed by atoms with Crippen LogP contribution in [0.2, 0.25) is 0 Å². The minimum Gasteiger partial charge on any atom is -0.497 e. The standard InChI is InChI=1S/C27H29FN6O3/c1-3-37-26(35)18-11-13-33(14-12-18)27-30-23(20-10-9-19(36-2)15-21(20)28)22-24(29)34(32-25(22)31-27)16-17-7-5-4-6-8-17/h4-10,15,18H,3,11-14,16,29H2,1-2H3. The third-order valence-electron chi connectivity index (χ3n) is 6.63. The quantitative estimate of drug-likeness (QED) is 0.376. The molecule has 4 aromatic rings. The highest BCUT2D eigenvalue weighted by Crippen LogP contribution is 2.35. The van der Waals surface area contributed by atoms with Crippen LogP contribution in [0.3, 0.4) is 0 Å². The van der Waals surface area contributed by atoms with Crippen molar-refractivity contribution in [1.29, 1.82) is 0 Å². The number of nitrogen functional groups attached to an aromatic ring is 1. The molecule has 0 atom stereocenters. The molecular formula is C27H29FN6O3. The van der Waals surface area contributed by atoms with Crippen LogP contribution in [0, 0.1) is 11.7 Å². The van der Waals surface area contributed by atoms with Gasteiger partial charge < -0.3 is 20.1 Å². The second-order valence-corrected chi connectivity index (χ2v) is 8.96. The van der Waals surface area contributed by atoms with Gasteiger partial charge >= 0.3 is 5.97 Å². The number of ether oxygens (including phenoxy) is 2. The summed E-state index contributed by atoms with van der Waals surface area (Å²) >= 11 is 0. The monoisotopic (exact) mass is 504 g/mol. The lowest BCUT2D eigenvalue weighted by Gasteiger charge is -2.31. The molecule has 3 heterocycles. The molecule has 37 heavy (non-hydrogen) atoms. The molecule has 9 nitrogen and oxygen atoms in total. The van der Waals surface area contributed by atoms with E-state index in [-0.39, 0.29) is 17.5 Å². The molecule has 2 aromatic carbocycles. The van der Waals surface area contributed by atoms with Gasteiger partial charge in [0.25, 0.3) is 0 Å². The smallest absolute Gasteiger partial charge is 0.309 e. The van der Waals surface area contributed by atoms with E-state index >= 15 is 4.39 Å². The molecule has 1 fully saturated rings. The number of anilines is 2. The Morgan fingerprint density at radius 2 is 1.89 bits per heavy atom.